The van der Waals surface area contributed by atoms with Crippen LogP contribution in [0.4, 0.5) is 4.79 Å². The van der Waals surface area contributed by atoms with E-state index in [4.69, 9.17) is 4.74 Å². The first kappa shape index (κ1) is 19.8. The van der Waals surface area contributed by atoms with Crippen molar-refractivity contribution in [1.82, 2.24) is 10.2 Å². The molecule has 0 fully saturated rings. The van der Waals surface area contributed by atoms with Gasteiger partial charge in [-0.3, -0.25) is 4.90 Å². The Morgan fingerprint density at radius 2 is 1.80 bits per heavy atom. The van der Waals surface area contributed by atoms with Crippen LogP contribution in [0, 0.1) is 0 Å². The van der Waals surface area contributed by atoms with Crippen LogP contribution in [0.2, 0.25) is 0 Å². The molecule has 1 N–H and O–H groups in total. The van der Waals surface area contributed by atoms with E-state index < -0.39 is 5.60 Å². The number of nitrogens with one attached hydrogen (secondary N) is 1. The SMILES string of the molecule is CCCC(CCC)NCc1ccc2c(c1)CN(C(=O)OC(C)(C)C)C2. The van der Waals surface area contributed by atoms with E-state index >= 15 is 0 Å². The van der Waals surface area contributed by atoms with E-state index in [1.807, 2.05) is 20.8 Å². The van der Waals surface area contributed by atoms with Crippen LogP contribution >= 0.6 is 0 Å². The molecule has 4 nitrogen and oxygen atoms in total. The molecule has 140 valence electrons. The topological polar surface area (TPSA) is 41.6 Å². The van der Waals surface area contributed by atoms with Crippen molar-refractivity contribution < 1.29 is 9.53 Å². The zero-order valence-electron chi connectivity index (χ0n) is 16.5. The Balaban J connectivity index is 1.94. The number of hydrogen-bond donors (Lipinski definition) is 1. The molecule has 0 bridgehead atoms. The summed E-state index contributed by atoms with van der Waals surface area (Å²) >= 11 is 0. The Kier molecular flexibility index (Phi) is 6.88. The van der Waals surface area contributed by atoms with Crippen molar-refractivity contribution in [2.45, 2.75) is 91.6 Å². The molecule has 0 aromatic heterocycles. The quantitative estimate of drug-likeness (QED) is 0.756. The predicted molar refractivity (Wildman–Crippen MR) is 102 cm³/mol. The molecule has 0 spiro atoms. The maximum atomic E-state index is 12.3. The zero-order valence-corrected chi connectivity index (χ0v) is 16.5. The smallest absolute Gasteiger partial charge is 0.410 e. The van der Waals surface area contributed by atoms with Gasteiger partial charge in [0.05, 0.1) is 0 Å². The van der Waals surface area contributed by atoms with Gasteiger partial charge in [-0.25, -0.2) is 4.79 Å². The van der Waals surface area contributed by atoms with Crippen LogP contribution < -0.4 is 5.32 Å². The summed E-state index contributed by atoms with van der Waals surface area (Å²) in [7, 11) is 0. The Hall–Kier alpha value is -1.55. The minimum Gasteiger partial charge on any atom is -0.444 e. The van der Waals surface area contributed by atoms with Gasteiger partial charge >= 0.3 is 6.09 Å². The summed E-state index contributed by atoms with van der Waals surface area (Å²) < 4.78 is 5.49. The first-order valence-corrected chi connectivity index (χ1v) is 9.64. The standard InChI is InChI=1S/C21H34N2O2/c1-6-8-19(9-7-2)22-13-16-10-11-17-14-23(15-18(17)12-16)20(24)25-21(3,4)5/h10-12,19,22H,6-9,13-15H2,1-5H3. The number of nitrogens with zero attached hydrogens (tertiary/aromatic N) is 1. The van der Waals surface area contributed by atoms with E-state index in [-0.39, 0.29) is 6.09 Å². The van der Waals surface area contributed by atoms with E-state index in [0.29, 0.717) is 19.1 Å². The fourth-order valence-corrected chi connectivity index (χ4v) is 3.32. The summed E-state index contributed by atoms with van der Waals surface area (Å²) in [5.41, 5.74) is 3.32. The van der Waals surface area contributed by atoms with Crippen LogP contribution in [0.5, 0.6) is 0 Å². The molecule has 1 aromatic rings. The summed E-state index contributed by atoms with van der Waals surface area (Å²) in [6.07, 6.45) is 4.66. The second-order valence-electron chi connectivity index (χ2n) is 8.09. The Morgan fingerprint density at radius 3 is 2.40 bits per heavy atom. The number of benzene rings is 1. The van der Waals surface area contributed by atoms with Crippen LogP contribution in [0.1, 0.15) is 77.0 Å². The van der Waals surface area contributed by atoms with Gasteiger partial charge in [0.1, 0.15) is 5.60 Å². The van der Waals surface area contributed by atoms with Gasteiger partial charge < -0.3 is 10.1 Å². The number of carbonyl (C=O) groups excluding carboxylic acids is 1. The third kappa shape index (κ3) is 6.03. The van der Waals surface area contributed by atoms with Gasteiger partial charge in [-0.2, -0.15) is 0 Å². The molecule has 0 aliphatic carbocycles. The molecule has 1 aliphatic rings. The third-order valence-corrected chi connectivity index (χ3v) is 4.51. The molecular formula is C21H34N2O2. The molecule has 0 saturated heterocycles. The Morgan fingerprint density at radius 1 is 1.16 bits per heavy atom. The summed E-state index contributed by atoms with van der Waals surface area (Å²) in [5.74, 6) is 0. The normalized spacial score (nSPS) is 14.1. The first-order chi connectivity index (χ1) is 11.8. The monoisotopic (exact) mass is 346 g/mol. The fraction of sp³-hybridized carbons (Fsp3) is 0.667. The number of amides is 1. The molecule has 1 aliphatic heterocycles. The number of rotatable bonds is 7. The highest BCUT2D eigenvalue weighted by molar-refractivity contribution is 5.69. The molecule has 2 rings (SSSR count). The van der Waals surface area contributed by atoms with Crippen molar-refractivity contribution in [3.63, 3.8) is 0 Å². The van der Waals surface area contributed by atoms with Crippen LogP contribution in [-0.2, 0) is 24.4 Å². The zero-order chi connectivity index (χ0) is 18.4. The lowest BCUT2D eigenvalue weighted by Gasteiger charge is -2.24. The summed E-state index contributed by atoms with van der Waals surface area (Å²) in [5, 5.41) is 3.69. The van der Waals surface area contributed by atoms with Crippen molar-refractivity contribution in [1.29, 1.82) is 0 Å². The van der Waals surface area contributed by atoms with Gasteiger partial charge in [-0.05, 0) is 50.3 Å². The lowest BCUT2D eigenvalue weighted by molar-refractivity contribution is 0.0242. The molecule has 1 heterocycles. The number of ether oxygens (including phenoxy) is 1. The molecule has 0 unspecified atom stereocenters. The lowest BCUT2D eigenvalue weighted by Crippen LogP contribution is -2.33. The van der Waals surface area contributed by atoms with Crippen molar-refractivity contribution in [2.75, 3.05) is 0 Å². The van der Waals surface area contributed by atoms with Gasteiger partial charge in [0.15, 0.2) is 0 Å². The number of hydrogen-bond acceptors (Lipinski definition) is 3. The largest absolute Gasteiger partial charge is 0.444 e. The highest BCUT2D eigenvalue weighted by Gasteiger charge is 2.27. The molecule has 4 heteroatoms. The van der Waals surface area contributed by atoms with E-state index in [9.17, 15) is 4.79 Å². The van der Waals surface area contributed by atoms with Gasteiger partial charge in [0.25, 0.3) is 0 Å². The van der Waals surface area contributed by atoms with Gasteiger partial charge in [0, 0.05) is 25.7 Å². The van der Waals surface area contributed by atoms with Gasteiger partial charge in [0.2, 0.25) is 0 Å². The highest BCUT2D eigenvalue weighted by Crippen LogP contribution is 2.25. The molecule has 0 atom stereocenters. The van der Waals surface area contributed by atoms with E-state index in [2.05, 4.69) is 37.4 Å². The van der Waals surface area contributed by atoms with Crippen molar-refractivity contribution in [2.24, 2.45) is 0 Å². The highest BCUT2D eigenvalue weighted by atomic mass is 16.6. The van der Waals surface area contributed by atoms with Crippen molar-refractivity contribution in [3.8, 4) is 0 Å². The van der Waals surface area contributed by atoms with E-state index in [0.717, 1.165) is 6.54 Å². The van der Waals surface area contributed by atoms with E-state index in [1.165, 1.54) is 42.4 Å². The average Bonchev–Trinajstić information content (AvgIpc) is 2.95. The molecule has 1 aromatic carbocycles. The maximum Gasteiger partial charge on any atom is 0.410 e. The number of fused-ring (bicyclic) bond motifs is 1. The van der Waals surface area contributed by atoms with Crippen LogP contribution in [0.15, 0.2) is 18.2 Å². The fourth-order valence-electron chi connectivity index (χ4n) is 3.32. The Labute approximate surface area is 152 Å². The second-order valence-corrected chi connectivity index (χ2v) is 8.09. The van der Waals surface area contributed by atoms with Crippen LogP contribution in [0.25, 0.3) is 0 Å². The predicted octanol–water partition coefficient (Wildman–Crippen LogP) is 5.00. The van der Waals surface area contributed by atoms with Gasteiger partial charge in [-0.15, -0.1) is 0 Å². The molecule has 0 saturated carbocycles. The number of carbonyl (C=O) groups is 1. The Bertz CT molecular complexity index is 572. The minimum absolute atomic E-state index is 0.227. The maximum absolute atomic E-state index is 12.3. The van der Waals surface area contributed by atoms with Crippen LogP contribution in [0.3, 0.4) is 0 Å². The molecular weight excluding hydrogens is 312 g/mol. The third-order valence-electron chi connectivity index (χ3n) is 4.51. The molecule has 1 amide bonds. The molecule has 25 heavy (non-hydrogen) atoms. The van der Waals surface area contributed by atoms with Gasteiger partial charge in [-0.1, -0.05) is 44.9 Å². The minimum atomic E-state index is -0.450. The van der Waals surface area contributed by atoms with E-state index in [1.54, 1.807) is 4.90 Å². The lowest BCUT2D eigenvalue weighted by atomic mass is 10.0. The first-order valence-electron chi connectivity index (χ1n) is 9.64. The van der Waals surface area contributed by atoms with Crippen molar-refractivity contribution in [3.05, 3.63) is 34.9 Å². The summed E-state index contributed by atoms with van der Waals surface area (Å²) in [6, 6.07) is 7.17. The molecule has 0 radical (unpaired) electrons. The van der Waals surface area contributed by atoms with Crippen molar-refractivity contribution >= 4 is 6.09 Å². The van der Waals surface area contributed by atoms with Crippen LogP contribution in [-0.4, -0.2) is 22.6 Å². The average molecular weight is 347 g/mol. The summed E-state index contributed by atoms with van der Waals surface area (Å²) in [4.78, 5) is 14.0. The summed E-state index contributed by atoms with van der Waals surface area (Å²) in [6.45, 7) is 12.4. The second kappa shape index (κ2) is 8.70.